The topological polar surface area (TPSA) is 82.5 Å². The van der Waals surface area contributed by atoms with Crippen LogP contribution < -0.4 is 5.32 Å². The van der Waals surface area contributed by atoms with Gasteiger partial charge in [0.2, 0.25) is 0 Å². The number of benzene rings is 1. The standard InChI is InChI=1S/C19H19N3OS2.CH2O2/c23-19(20-16-10-22-6-3-12(16)4-7-22)18-15-2-1-13(9-17(15)25-21-18)14-5-8-24-11-14;2-1-3/h1-2,5,8-9,11-12,16H,3-4,6-7,10H2,(H,20,23);1H,(H,2,3)/t16-;/m1./s1. The monoisotopic (exact) mass is 415 g/mol. The van der Waals surface area contributed by atoms with Crippen molar-refractivity contribution in [1.82, 2.24) is 14.6 Å². The van der Waals surface area contributed by atoms with Crippen molar-refractivity contribution in [3.8, 4) is 11.1 Å². The third-order valence-corrected chi connectivity index (χ3v) is 7.01. The average Bonchev–Trinajstić information content (AvgIpc) is 3.39. The Morgan fingerprint density at radius 2 is 2.04 bits per heavy atom. The van der Waals surface area contributed by atoms with Crippen molar-refractivity contribution in [3.63, 3.8) is 0 Å². The van der Waals surface area contributed by atoms with Crippen molar-refractivity contribution in [2.45, 2.75) is 18.9 Å². The molecular weight excluding hydrogens is 394 g/mol. The summed E-state index contributed by atoms with van der Waals surface area (Å²) >= 11 is 3.11. The van der Waals surface area contributed by atoms with E-state index in [-0.39, 0.29) is 18.4 Å². The Morgan fingerprint density at radius 1 is 1.25 bits per heavy atom. The number of nitrogens with zero attached hydrogens (tertiary/aromatic N) is 2. The number of amides is 1. The fraction of sp³-hybridized carbons (Fsp3) is 0.350. The number of hydrogen-bond acceptors (Lipinski definition) is 6. The third kappa shape index (κ3) is 3.80. The highest BCUT2D eigenvalue weighted by molar-refractivity contribution is 7.13. The molecule has 1 atom stereocenters. The van der Waals surface area contributed by atoms with Gasteiger partial charge >= 0.3 is 0 Å². The molecule has 28 heavy (non-hydrogen) atoms. The quantitative estimate of drug-likeness (QED) is 0.639. The summed E-state index contributed by atoms with van der Waals surface area (Å²) in [6.07, 6.45) is 2.40. The Bertz CT molecular complexity index is 962. The maximum Gasteiger partial charge on any atom is 0.290 e. The number of rotatable bonds is 3. The van der Waals surface area contributed by atoms with Crippen LogP contribution in [0.4, 0.5) is 0 Å². The Kier molecular flexibility index (Phi) is 5.70. The van der Waals surface area contributed by atoms with Gasteiger partial charge in [-0.05, 0) is 77.4 Å². The molecule has 3 aliphatic rings. The molecule has 0 unspecified atom stereocenters. The van der Waals surface area contributed by atoms with Gasteiger partial charge in [0.25, 0.3) is 12.4 Å². The van der Waals surface area contributed by atoms with Gasteiger partial charge in [-0.3, -0.25) is 9.59 Å². The van der Waals surface area contributed by atoms with Gasteiger partial charge in [-0.2, -0.15) is 15.7 Å². The molecule has 5 heterocycles. The summed E-state index contributed by atoms with van der Waals surface area (Å²) in [4.78, 5) is 23.6. The number of carboxylic acid groups (broad SMARTS) is 1. The highest BCUT2D eigenvalue weighted by atomic mass is 32.1. The van der Waals surface area contributed by atoms with Crippen molar-refractivity contribution >= 4 is 45.3 Å². The fourth-order valence-corrected chi connectivity index (χ4v) is 5.55. The van der Waals surface area contributed by atoms with Gasteiger partial charge in [-0.1, -0.05) is 12.1 Å². The SMILES string of the molecule is O=C(N[C@@H]1CN2CCC1CC2)c1nsc2cc(-c3ccsc3)ccc12.O=CO. The molecule has 2 bridgehead atoms. The van der Waals surface area contributed by atoms with Crippen LogP contribution in [-0.2, 0) is 4.79 Å². The number of piperidine rings is 3. The maximum absolute atomic E-state index is 12.8. The number of thiophene rings is 1. The molecule has 2 N–H and O–H groups in total. The smallest absolute Gasteiger partial charge is 0.290 e. The van der Waals surface area contributed by atoms with Crippen LogP contribution in [0, 0.1) is 5.92 Å². The van der Waals surface area contributed by atoms with E-state index < -0.39 is 0 Å². The number of nitrogens with one attached hydrogen (secondary N) is 1. The number of hydrogen-bond donors (Lipinski definition) is 2. The lowest BCUT2D eigenvalue weighted by molar-refractivity contribution is -0.122. The van der Waals surface area contributed by atoms with Crippen LogP contribution in [0.5, 0.6) is 0 Å². The lowest BCUT2D eigenvalue weighted by atomic mass is 9.84. The number of fused-ring (bicyclic) bond motifs is 4. The Balaban J connectivity index is 0.000000604. The van der Waals surface area contributed by atoms with E-state index in [4.69, 9.17) is 9.90 Å². The van der Waals surface area contributed by atoms with Gasteiger partial charge in [-0.15, -0.1) is 0 Å². The lowest BCUT2D eigenvalue weighted by Crippen LogP contribution is -2.57. The second-order valence-corrected chi connectivity index (χ2v) is 8.66. The van der Waals surface area contributed by atoms with E-state index in [1.807, 2.05) is 6.07 Å². The van der Waals surface area contributed by atoms with Gasteiger partial charge in [0.15, 0.2) is 0 Å². The molecule has 0 radical (unpaired) electrons. The fourth-order valence-electron chi connectivity index (χ4n) is 4.07. The molecule has 1 amide bonds. The summed E-state index contributed by atoms with van der Waals surface area (Å²) in [7, 11) is 0. The molecule has 0 spiro atoms. The van der Waals surface area contributed by atoms with Crippen LogP contribution in [-0.4, -0.2) is 52.4 Å². The molecule has 3 aliphatic heterocycles. The number of aromatic nitrogens is 1. The van der Waals surface area contributed by atoms with Gasteiger partial charge in [0, 0.05) is 18.0 Å². The number of carbonyl (C=O) groups excluding carboxylic acids is 1. The minimum absolute atomic E-state index is 0.0201. The zero-order chi connectivity index (χ0) is 19.5. The molecule has 0 saturated carbocycles. The van der Waals surface area contributed by atoms with Gasteiger partial charge < -0.3 is 15.3 Å². The molecule has 6 rings (SSSR count). The number of carbonyl (C=O) groups is 2. The Labute approximate surface area is 171 Å². The lowest BCUT2D eigenvalue weighted by Gasteiger charge is -2.44. The summed E-state index contributed by atoms with van der Waals surface area (Å²) in [6.45, 7) is 3.10. The Morgan fingerprint density at radius 3 is 2.68 bits per heavy atom. The largest absolute Gasteiger partial charge is 0.483 e. The predicted octanol–water partition coefficient (Wildman–Crippen LogP) is 3.55. The van der Waals surface area contributed by atoms with Crippen LogP contribution in [0.15, 0.2) is 35.0 Å². The molecule has 1 aromatic carbocycles. The minimum Gasteiger partial charge on any atom is -0.483 e. The summed E-state index contributed by atoms with van der Waals surface area (Å²) in [5.74, 6) is 0.609. The maximum atomic E-state index is 12.8. The average molecular weight is 416 g/mol. The van der Waals surface area contributed by atoms with Gasteiger partial charge in [0.1, 0.15) is 5.69 Å². The summed E-state index contributed by atoms with van der Waals surface area (Å²) in [5.41, 5.74) is 2.98. The van der Waals surface area contributed by atoms with Gasteiger partial charge in [-0.25, -0.2) is 0 Å². The van der Waals surface area contributed by atoms with Crippen LogP contribution in [0.2, 0.25) is 0 Å². The second kappa shape index (κ2) is 8.38. The first-order valence-electron chi connectivity index (χ1n) is 9.22. The van der Waals surface area contributed by atoms with Crippen molar-refractivity contribution < 1.29 is 14.7 Å². The first kappa shape index (κ1) is 19.0. The molecule has 6 nitrogen and oxygen atoms in total. The summed E-state index contributed by atoms with van der Waals surface area (Å²) < 4.78 is 5.54. The normalized spacial score (nSPS) is 23.1. The minimum atomic E-state index is -0.250. The van der Waals surface area contributed by atoms with E-state index >= 15 is 0 Å². The first-order valence-corrected chi connectivity index (χ1v) is 10.9. The zero-order valence-corrected chi connectivity index (χ0v) is 16.8. The van der Waals surface area contributed by atoms with Crippen LogP contribution >= 0.6 is 22.9 Å². The van der Waals surface area contributed by atoms with E-state index in [0.29, 0.717) is 11.6 Å². The Hall–Kier alpha value is -2.29. The van der Waals surface area contributed by atoms with E-state index in [9.17, 15) is 4.79 Å². The van der Waals surface area contributed by atoms with E-state index in [2.05, 4.69) is 43.5 Å². The predicted molar refractivity (Wildman–Crippen MR) is 112 cm³/mol. The highest BCUT2D eigenvalue weighted by Crippen LogP contribution is 2.31. The summed E-state index contributed by atoms with van der Waals surface area (Å²) in [5, 5.41) is 15.3. The third-order valence-electron chi connectivity index (χ3n) is 5.51. The van der Waals surface area contributed by atoms with Crippen molar-refractivity contribution in [2.24, 2.45) is 5.92 Å². The second-order valence-electron chi connectivity index (χ2n) is 7.08. The molecule has 2 aromatic heterocycles. The molecule has 3 saturated heterocycles. The zero-order valence-electron chi connectivity index (χ0n) is 15.2. The molecule has 3 fully saturated rings. The molecule has 146 valence electrons. The van der Waals surface area contributed by atoms with E-state index in [1.165, 1.54) is 48.6 Å². The van der Waals surface area contributed by atoms with Crippen molar-refractivity contribution in [3.05, 3.63) is 40.7 Å². The van der Waals surface area contributed by atoms with Crippen molar-refractivity contribution in [1.29, 1.82) is 0 Å². The molecule has 8 heteroatoms. The van der Waals surface area contributed by atoms with Crippen LogP contribution in [0.3, 0.4) is 0 Å². The first-order chi connectivity index (χ1) is 13.7. The summed E-state index contributed by atoms with van der Waals surface area (Å²) in [6, 6.07) is 8.66. The van der Waals surface area contributed by atoms with Crippen molar-refractivity contribution in [2.75, 3.05) is 19.6 Å². The molecular formula is C20H21N3O3S2. The molecule has 3 aromatic rings. The van der Waals surface area contributed by atoms with Crippen LogP contribution in [0.1, 0.15) is 23.3 Å². The van der Waals surface area contributed by atoms with Crippen LogP contribution in [0.25, 0.3) is 21.2 Å². The van der Waals surface area contributed by atoms with E-state index in [0.717, 1.165) is 16.6 Å². The highest BCUT2D eigenvalue weighted by Gasteiger charge is 2.35. The van der Waals surface area contributed by atoms with E-state index in [1.54, 1.807) is 11.3 Å². The van der Waals surface area contributed by atoms with Gasteiger partial charge in [0.05, 0.1) is 4.70 Å². The molecule has 0 aliphatic carbocycles.